The largest absolute Gasteiger partial charge is 0.351 e. The van der Waals surface area contributed by atoms with Crippen LogP contribution in [0.4, 0.5) is 0 Å². The number of rotatable bonds is 6. The fourth-order valence-corrected chi connectivity index (χ4v) is 7.50. The smallest absolute Gasteiger partial charge is 0.272 e. The summed E-state index contributed by atoms with van der Waals surface area (Å²) in [6, 6.07) is 21.7. The molecule has 0 bridgehead atoms. The van der Waals surface area contributed by atoms with E-state index in [4.69, 9.17) is 11.6 Å². The number of nitrogens with one attached hydrogen (secondary N) is 1. The van der Waals surface area contributed by atoms with Crippen LogP contribution in [0.3, 0.4) is 0 Å². The van der Waals surface area contributed by atoms with Crippen LogP contribution < -0.4 is 5.32 Å². The van der Waals surface area contributed by atoms with Gasteiger partial charge in [-0.25, -0.2) is 0 Å². The maximum absolute atomic E-state index is 14.7. The van der Waals surface area contributed by atoms with Gasteiger partial charge < -0.3 is 14.8 Å². The van der Waals surface area contributed by atoms with Gasteiger partial charge in [0.2, 0.25) is 0 Å². The molecule has 4 aromatic rings. The normalized spacial score (nSPS) is 20.2. The molecule has 2 aromatic heterocycles. The zero-order valence-electron chi connectivity index (χ0n) is 22.3. The van der Waals surface area contributed by atoms with E-state index in [2.05, 4.69) is 22.9 Å². The molecule has 202 valence electrons. The van der Waals surface area contributed by atoms with Gasteiger partial charge >= 0.3 is 0 Å². The Morgan fingerprint density at radius 1 is 1.03 bits per heavy atom. The minimum absolute atomic E-state index is 0.108. The lowest BCUT2D eigenvalue weighted by atomic mass is 9.83. The molecule has 1 fully saturated rings. The van der Waals surface area contributed by atoms with Crippen LogP contribution in [0.5, 0.6) is 0 Å². The van der Waals surface area contributed by atoms with E-state index in [1.165, 1.54) is 17.7 Å². The molecule has 0 spiro atoms. The first kappa shape index (κ1) is 26.1. The van der Waals surface area contributed by atoms with Crippen LogP contribution in [0.1, 0.15) is 71.9 Å². The maximum atomic E-state index is 14.7. The van der Waals surface area contributed by atoms with Gasteiger partial charge in [0.15, 0.2) is 5.54 Å². The van der Waals surface area contributed by atoms with E-state index in [0.29, 0.717) is 17.3 Å². The van der Waals surface area contributed by atoms with E-state index in [1.807, 2.05) is 60.7 Å². The van der Waals surface area contributed by atoms with Gasteiger partial charge in [0.1, 0.15) is 5.69 Å². The van der Waals surface area contributed by atoms with Gasteiger partial charge in [-0.1, -0.05) is 92.7 Å². The molecular formula is C32H34ClN3O2S. The van der Waals surface area contributed by atoms with E-state index in [1.54, 1.807) is 16.2 Å². The molecule has 1 aliphatic carbocycles. The number of halogens is 1. The molecule has 5 nitrogen and oxygen atoms in total. The van der Waals surface area contributed by atoms with Crippen molar-refractivity contribution >= 4 is 45.0 Å². The minimum atomic E-state index is -1.23. The van der Waals surface area contributed by atoms with Gasteiger partial charge in [-0.15, -0.1) is 11.3 Å². The summed E-state index contributed by atoms with van der Waals surface area (Å²) in [7, 11) is 0. The van der Waals surface area contributed by atoms with E-state index in [-0.39, 0.29) is 24.4 Å². The lowest BCUT2D eigenvalue weighted by Crippen LogP contribution is -2.64. The molecule has 39 heavy (non-hydrogen) atoms. The van der Waals surface area contributed by atoms with Crippen LogP contribution in [0, 0.1) is 0 Å². The van der Waals surface area contributed by atoms with Crippen LogP contribution in [-0.2, 0) is 29.8 Å². The number of carbonyl (C=O) groups excluding carboxylic acids is 2. The first-order valence-corrected chi connectivity index (χ1v) is 15.2. The van der Waals surface area contributed by atoms with Crippen molar-refractivity contribution in [3.8, 4) is 0 Å². The number of aryl methyl sites for hydroxylation is 1. The highest BCUT2D eigenvalue weighted by Gasteiger charge is 2.53. The second-order valence-electron chi connectivity index (χ2n) is 10.8. The molecule has 1 N–H and O–H groups in total. The summed E-state index contributed by atoms with van der Waals surface area (Å²) in [5.41, 5.74) is 2.07. The molecule has 1 atom stereocenters. The third kappa shape index (κ3) is 4.68. The molecule has 1 aliphatic heterocycles. The van der Waals surface area contributed by atoms with Crippen LogP contribution in [0.2, 0.25) is 5.02 Å². The molecule has 1 saturated carbocycles. The van der Waals surface area contributed by atoms with Gasteiger partial charge in [-0.3, -0.25) is 9.59 Å². The molecule has 7 heteroatoms. The Hall–Kier alpha value is -3.09. The predicted molar refractivity (Wildman–Crippen MR) is 158 cm³/mol. The predicted octanol–water partition coefficient (Wildman–Crippen LogP) is 7.31. The van der Waals surface area contributed by atoms with Crippen LogP contribution in [0.15, 0.2) is 66.7 Å². The molecule has 0 radical (unpaired) electrons. The number of aromatic nitrogens is 1. The molecule has 3 heterocycles. The van der Waals surface area contributed by atoms with E-state index < -0.39 is 5.54 Å². The van der Waals surface area contributed by atoms with Crippen molar-refractivity contribution in [2.24, 2.45) is 0 Å². The van der Waals surface area contributed by atoms with E-state index in [9.17, 15) is 9.59 Å². The second kappa shape index (κ2) is 10.8. The fourth-order valence-electron chi connectivity index (χ4n) is 6.26. The van der Waals surface area contributed by atoms with Gasteiger partial charge in [-0.05, 0) is 48.6 Å². The molecule has 2 aromatic carbocycles. The van der Waals surface area contributed by atoms with Crippen LogP contribution in [0.25, 0.3) is 10.2 Å². The van der Waals surface area contributed by atoms with Crippen molar-refractivity contribution in [1.29, 1.82) is 0 Å². The van der Waals surface area contributed by atoms with E-state index in [0.717, 1.165) is 53.4 Å². The summed E-state index contributed by atoms with van der Waals surface area (Å²) in [6.07, 6.45) is 7.52. The first-order chi connectivity index (χ1) is 19.0. The number of carbonyl (C=O) groups is 2. The summed E-state index contributed by atoms with van der Waals surface area (Å²) in [6.45, 7) is 2.74. The Balaban J connectivity index is 1.53. The van der Waals surface area contributed by atoms with Gasteiger partial charge in [0, 0.05) is 22.5 Å². The maximum Gasteiger partial charge on any atom is 0.272 e. The number of nitrogens with zero attached hydrogens (tertiary/aromatic N) is 2. The third-order valence-corrected chi connectivity index (χ3v) is 9.99. The zero-order valence-corrected chi connectivity index (χ0v) is 23.9. The molecule has 2 amide bonds. The number of hydrogen-bond acceptors (Lipinski definition) is 3. The number of benzene rings is 2. The highest BCUT2D eigenvalue weighted by Crippen LogP contribution is 2.42. The number of hydrogen-bond donors (Lipinski definition) is 1. The molecule has 0 unspecified atom stereocenters. The SMILES string of the molecule is CCc1cc2c(cc3n2C[C@@](C(=O)NC2CCCCCC2)(c2ccccc2)N(Cc2ccccc2Cl)C3=O)s1. The van der Waals surface area contributed by atoms with Gasteiger partial charge in [0.25, 0.3) is 11.8 Å². The number of fused-ring (bicyclic) bond motifs is 3. The Morgan fingerprint density at radius 3 is 2.46 bits per heavy atom. The zero-order chi connectivity index (χ0) is 27.0. The number of thiophene rings is 1. The highest BCUT2D eigenvalue weighted by molar-refractivity contribution is 7.19. The van der Waals surface area contributed by atoms with Crippen molar-refractivity contribution in [3.63, 3.8) is 0 Å². The topological polar surface area (TPSA) is 54.3 Å². The monoisotopic (exact) mass is 559 g/mol. The second-order valence-corrected chi connectivity index (χ2v) is 12.4. The summed E-state index contributed by atoms with van der Waals surface area (Å²) >= 11 is 8.34. The van der Waals surface area contributed by atoms with Crippen molar-refractivity contribution < 1.29 is 9.59 Å². The summed E-state index contributed by atoms with van der Waals surface area (Å²) < 4.78 is 3.16. The summed E-state index contributed by atoms with van der Waals surface area (Å²) in [5.74, 6) is -0.262. The van der Waals surface area contributed by atoms with Crippen molar-refractivity contribution in [2.75, 3.05) is 0 Å². The van der Waals surface area contributed by atoms with Crippen molar-refractivity contribution in [2.45, 2.75) is 76.5 Å². The Labute approximate surface area is 238 Å². The van der Waals surface area contributed by atoms with E-state index >= 15 is 0 Å². The van der Waals surface area contributed by atoms with Crippen LogP contribution in [-0.4, -0.2) is 27.3 Å². The fraction of sp³-hybridized carbons (Fsp3) is 0.375. The molecule has 0 saturated heterocycles. The quantitative estimate of drug-likeness (QED) is 0.252. The Bertz CT molecular complexity index is 1500. The average molecular weight is 560 g/mol. The first-order valence-electron chi connectivity index (χ1n) is 14.0. The molecular weight excluding hydrogens is 526 g/mol. The minimum Gasteiger partial charge on any atom is -0.351 e. The number of amides is 2. The lowest BCUT2D eigenvalue weighted by molar-refractivity contribution is -0.136. The summed E-state index contributed by atoms with van der Waals surface area (Å²) in [4.78, 5) is 32.2. The molecule has 2 aliphatic rings. The Kier molecular flexibility index (Phi) is 7.25. The standard InChI is InChI=1S/C32H34ClN3O2S/c1-2-25-18-27-29(39-25)19-28-30(37)36(20-22-12-10-11-17-26(22)33)32(21-35(27)28,23-13-6-5-7-14-23)31(38)34-24-15-8-3-4-9-16-24/h5-7,10-14,17-19,24H,2-4,8-9,15-16,20-21H2,1H3,(H,34,38)/t32-/m0/s1. The van der Waals surface area contributed by atoms with Crippen molar-refractivity contribution in [3.05, 3.63) is 93.5 Å². The van der Waals surface area contributed by atoms with Gasteiger partial charge in [-0.2, -0.15) is 0 Å². The van der Waals surface area contributed by atoms with Gasteiger partial charge in [0.05, 0.1) is 16.8 Å². The summed E-state index contributed by atoms with van der Waals surface area (Å²) in [5, 5.41) is 4.02. The third-order valence-electron chi connectivity index (χ3n) is 8.40. The highest BCUT2D eigenvalue weighted by atomic mass is 35.5. The molecule has 6 rings (SSSR count). The lowest BCUT2D eigenvalue weighted by Gasteiger charge is -2.47. The van der Waals surface area contributed by atoms with Crippen molar-refractivity contribution in [1.82, 2.24) is 14.8 Å². The average Bonchev–Trinajstić information content (AvgIpc) is 3.40. The Morgan fingerprint density at radius 2 is 1.74 bits per heavy atom. The van der Waals surface area contributed by atoms with Crippen LogP contribution >= 0.6 is 22.9 Å².